The number of fused-ring (bicyclic) bond motifs is 1. The third-order valence-electron chi connectivity index (χ3n) is 5.37. The molecular weight excluding hydrogens is 755 g/mol. The van der Waals surface area contributed by atoms with Gasteiger partial charge >= 0.3 is 45.2 Å². The summed E-state index contributed by atoms with van der Waals surface area (Å²) in [6, 6.07) is 0. The minimum absolute atomic E-state index is 0. The molecule has 42 heavy (non-hydrogen) atoms. The van der Waals surface area contributed by atoms with Crippen molar-refractivity contribution in [3.05, 3.63) is 12.7 Å². The average molecular weight is 782 g/mol. The van der Waals surface area contributed by atoms with Crippen LogP contribution >= 0.6 is 46.1 Å². The molecule has 1 aliphatic rings. The Hall–Kier alpha value is -0.160. The van der Waals surface area contributed by atoms with Crippen LogP contribution in [0.2, 0.25) is 0 Å². The number of carbonyl (C=O) groups is 1. The summed E-state index contributed by atoms with van der Waals surface area (Å²) in [6.45, 7) is 0.145. The predicted octanol–water partition coefficient (Wildman–Crippen LogP) is -3.71. The zero-order valence-corrected chi connectivity index (χ0v) is 28.7. The molecule has 1 amide bonds. The van der Waals surface area contributed by atoms with Gasteiger partial charge in [-0.15, -0.1) is 0 Å². The van der Waals surface area contributed by atoms with Crippen molar-refractivity contribution in [2.75, 3.05) is 29.4 Å². The van der Waals surface area contributed by atoms with E-state index in [1.54, 1.807) is 0 Å². The number of amides is 1. The van der Waals surface area contributed by atoms with E-state index >= 15 is 0 Å². The van der Waals surface area contributed by atoms with Crippen molar-refractivity contribution in [3.63, 3.8) is 0 Å². The van der Waals surface area contributed by atoms with E-state index in [-0.39, 0.29) is 41.1 Å². The van der Waals surface area contributed by atoms with Crippen LogP contribution in [0.15, 0.2) is 12.7 Å². The molecule has 7 atom stereocenters. The zero-order chi connectivity index (χ0) is 30.4. The fourth-order valence-electron chi connectivity index (χ4n) is 3.64. The topological polar surface area (TPSA) is 297 Å². The first-order chi connectivity index (χ1) is 19.1. The van der Waals surface area contributed by atoms with Crippen molar-refractivity contribution in [1.82, 2.24) is 24.8 Å². The maximum Gasteiger partial charge on any atom is 1.00 e. The van der Waals surface area contributed by atoms with Gasteiger partial charge in [-0.2, -0.15) is 4.31 Å². The van der Waals surface area contributed by atoms with Crippen LogP contribution in [0.3, 0.4) is 0 Å². The van der Waals surface area contributed by atoms with Gasteiger partial charge in [0.15, 0.2) is 23.2 Å². The Morgan fingerprint density at radius 1 is 1.05 bits per heavy atom. The molecule has 0 radical (unpaired) electrons. The van der Waals surface area contributed by atoms with Crippen LogP contribution < -0.4 is 45.1 Å². The summed E-state index contributed by atoms with van der Waals surface area (Å²) in [7, 11) is -17.1. The Bertz CT molecular complexity index is 1350. The molecule has 20 nitrogen and oxygen atoms in total. The van der Waals surface area contributed by atoms with Gasteiger partial charge in [-0.05, 0) is 19.3 Å². The van der Waals surface area contributed by atoms with Crippen LogP contribution in [0.1, 0.15) is 25.5 Å². The molecule has 1 fully saturated rings. The van der Waals surface area contributed by atoms with Gasteiger partial charge in [-0.25, -0.2) is 28.4 Å². The molecule has 2 aromatic heterocycles. The summed E-state index contributed by atoms with van der Waals surface area (Å²) in [5, 5.41) is 26.8. The minimum atomic E-state index is -5.82. The first-order valence-corrected chi connectivity index (χ1v) is 17.7. The molecule has 25 heteroatoms. The number of imidazole rings is 1. The average Bonchev–Trinajstić information content (AvgIpc) is 3.41. The molecule has 0 aliphatic carbocycles. The summed E-state index contributed by atoms with van der Waals surface area (Å²) in [6.07, 6.45) is -1.19. The second-order valence-corrected chi connectivity index (χ2v) is 13.6. The van der Waals surface area contributed by atoms with Crippen LogP contribution in [0.4, 0.5) is 5.82 Å². The third kappa shape index (κ3) is 11.3. The van der Waals surface area contributed by atoms with Crippen LogP contribution in [-0.2, 0) is 36.4 Å². The van der Waals surface area contributed by atoms with Gasteiger partial charge in [-0.1, -0.05) is 22.6 Å². The van der Waals surface area contributed by atoms with E-state index in [1.165, 1.54) is 17.2 Å². The van der Waals surface area contributed by atoms with Crippen LogP contribution in [-0.4, -0.2) is 92.8 Å². The van der Waals surface area contributed by atoms with E-state index < -0.39 is 54.6 Å². The molecule has 3 rings (SSSR count). The molecule has 1 saturated heterocycles. The van der Waals surface area contributed by atoms with Crippen molar-refractivity contribution >= 4 is 68.9 Å². The number of unbranched alkanes of at least 4 members (excludes halogenated alkanes) is 2. The minimum Gasteiger partial charge on any atom is -0.756 e. The fourth-order valence-corrected chi connectivity index (χ4v) is 6.91. The van der Waals surface area contributed by atoms with Crippen molar-refractivity contribution < 1.29 is 95.7 Å². The Labute approximate surface area is 273 Å². The van der Waals surface area contributed by atoms with Crippen molar-refractivity contribution in [2.24, 2.45) is 0 Å². The SMILES string of the molecule is O=C(CI)NCCCCCNc1ncnc2c1ncn2C1O[C@H](COP(=O)(O)OP(=O)(O)OP(=O)([O-])O)[C@@H](O)[C@H]1O.[Na+]. The quantitative estimate of drug-likeness (QED) is 0.0283. The van der Waals surface area contributed by atoms with Crippen LogP contribution in [0.5, 0.6) is 0 Å². The van der Waals surface area contributed by atoms with Gasteiger partial charge < -0.3 is 45.2 Å². The molecule has 1 aliphatic heterocycles. The number of rotatable bonds is 16. The predicted molar refractivity (Wildman–Crippen MR) is 143 cm³/mol. The number of halogens is 1. The molecule has 0 aromatic carbocycles. The van der Waals surface area contributed by atoms with Gasteiger partial charge in [0.05, 0.1) is 17.4 Å². The first kappa shape index (κ1) is 38.0. The Morgan fingerprint density at radius 2 is 1.74 bits per heavy atom. The Balaban J connectivity index is 0.00000616. The molecule has 0 saturated carbocycles. The number of aromatic nitrogens is 4. The van der Waals surface area contributed by atoms with E-state index in [1.807, 2.05) is 22.6 Å². The summed E-state index contributed by atoms with van der Waals surface area (Å²) < 4.78 is 52.8. The standard InChI is InChI=1S/C17H28IN6O14P3.Na/c18-6-11(25)19-4-2-1-3-5-20-15-12-16(22-8-21-15)24(9-23-12)17-14(27)13(26)10(36-17)7-35-40(31,32)38-41(33,34)37-39(28,29)30;/h8-10,13-14,17,26-27H,1-7H2,(H,19,25)(H,31,32)(H,33,34)(H,20,21,22)(H2,28,29,30);/q;+1/p-1/t10-,13-,14-,17?;/m1./s1. The smallest absolute Gasteiger partial charge is 0.756 e. The van der Waals surface area contributed by atoms with Gasteiger partial charge in [-0.3, -0.25) is 18.5 Å². The monoisotopic (exact) mass is 782 g/mol. The number of aliphatic hydroxyl groups excluding tert-OH is 2. The van der Waals surface area contributed by atoms with E-state index in [0.717, 1.165) is 19.3 Å². The second-order valence-electron chi connectivity index (χ2n) is 8.43. The third-order valence-corrected chi connectivity index (χ3v) is 9.84. The first-order valence-electron chi connectivity index (χ1n) is 11.6. The zero-order valence-electron chi connectivity index (χ0n) is 21.8. The second kappa shape index (κ2) is 16.4. The number of anilines is 1. The summed E-state index contributed by atoms with van der Waals surface area (Å²) in [5.41, 5.74) is 0.528. The van der Waals surface area contributed by atoms with E-state index in [4.69, 9.17) is 9.63 Å². The Morgan fingerprint density at radius 3 is 2.40 bits per heavy atom. The summed E-state index contributed by atoms with van der Waals surface area (Å²) >= 11 is 1.98. The summed E-state index contributed by atoms with van der Waals surface area (Å²) in [5.74, 6) is 0.370. The van der Waals surface area contributed by atoms with Crippen LogP contribution in [0, 0.1) is 0 Å². The van der Waals surface area contributed by atoms with Crippen molar-refractivity contribution in [3.8, 4) is 0 Å². The number of hydrogen-bond donors (Lipinski definition) is 7. The largest absolute Gasteiger partial charge is 1.00 e. The van der Waals surface area contributed by atoms with Gasteiger partial charge in [0, 0.05) is 13.1 Å². The number of hydrogen-bond acceptors (Lipinski definition) is 15. The number of aliphatic hydroxyl groups is 2. The van der Waals surface area contributed by atoms with Gasteiger partial charge in [0.2, 0.25) is 5.91 Å². The number of ether oxygens (including phenoxy) is 1. The number of alkyl halides is 1. The molecule has 0 bridgehead atoms. The fraction of sp³-hybridized carbons (Fsp3) is 0.647. The van der Waals surface area contributed by atoms with Crippen molar-refractivity contribution in [2.45, 2.75) is 43.8 Å². The van der Waals surface area contributed by atoms with E-state index in [0.29, 0.717) is 28.9 Å². The van der Waals surface area contributed by atoms with Gasteiger partial charge in [0.25, 0.3) is 7.82 Å². The summed E-state index contributed by atoms with van der Waals surface area (Å²) in [4.78, 5) is 61.7. The van der Waals surface area contributed by atoms with Crippen molar-refractivity contribution in [1.29, 1.82) is 0 Å². The molecule has 3 heterocycles. The molecule has 4 unspecified atom stereocenters. The number of carbonyl (C=O) groups excluding carboxylic acids is 1. The van der Waals surface area contributed by atoms with E-state index in [9.17, 15) is 43.4 Å². The molecule has 7 N–H and O–H groups in total. The normalized spacial score (nSPS) is 24.7. The maximum absolute atomic E-state index is 12.0. The number of nitrogens with zero attached hydrogens (tertiary/aromatic N) is 4. The number of nitrogens with one attached hydrogen (secondary N) is 2. The molecule has 232 valence electrons. The molecule has 0 spiro atoms. The molecule has 2 aromatic rings. The maximum atomic E-state index is 12.0. The molecular formula is C17H27IN6NaO14P3. The van der Waals surface area contributed by atoms with Crippen LogP contribution in [0.25, 0.3) is 11.2 Å². The van der Waals surface area contributed by atoms with Gasteiger partial charge in [0.1, 0.15) is 24.6 Å². The number of phosphoric ester groups is 1. The number of phosphoric acid groups is 3. The van der Waals surface area contributed by atoms with E-state index in [2.05, 4.69) is 38.7 Å². The Kier molecular flexibility index (Phi) is 14.9.